The second-order valence-electron chi connectivity index (χ2n) is 9.77. The van der Waals surface area contributed by atoms with Gasteiger partial charge in [0.2, 0.25) is 11.8 Å². The number of amides is 2. The van der Waals surface area contributed by atoms with Crippen molar-refractivity contribution >= 4 is 66.7 Å². The Morgan fingerprint density at radius 1 is 0.975 bits per heavy atom. The molecule has 1 atom stereocenters. The number of hydrogen-bond donors (Lipinski definition) is 1. The molecular weight excluding hydrogens is 637 g/mol. The molecule has 1 fully saturated rings. The molecule has 0 heterocycles. The summed E-state index contributed by atoms with van der Waals surface area (Å²) in [5, 5.41) is 3.50. The lowest BCUT2D eigenvalue weighted by molar-refractivity contribution is -0.139. The van der Waals surface area contributed by atoms with Crippen LogP contribution in [-0.2, 0) is 26.2 Å². The van der Waals surface area contributed by atoms with Crippen LogP contribution < -0.4 is 9.62 Å². The van der Waals surface area contributed by atoms with E-state index in [1.807, 2.05) is 24.3 Å². The molecule has 1 aliphatic carbocycles. The highest BCUT2D eigenvalue weighted by molar-refractivity contribution is 9.10. The van der Waals surface area contributed by atoms with Crippen LogP contribution in [-0.4, -0.2) is 43.8 Å². The van der Waals surface area contributed by atoms with E-state index in [2.05, 4.69) is 21.2 Å². The largest absolute Gasteiger partial charge is 0.352 e. The Kier molecular flexibility index (Phi) is 10.2. The monoisotopic (exact) mass is 665 g/mol. The lowest BCUT2D eigenvalue weighted by atomic mass is 10.1. The standard InChI is InChI=1S/C29H30BrCl2N3O4S/c1-20(29(37)33-25-7-5-6-8-25)34(18-21-11-13-22(30)14-12-21)28(36)19-35(26-16-23(31)15-24(32)17-26)40(38,39)27-9-3-2-4-10-27/h2-4,9-17,20,25H,5-8,18-19H2,1H3,(H,33,37). The zero-order chi connectivity index (χ0) is 28.9. The predicted molar refractivity (Wildman–Crippen MR) is 162 cm³/mol. The minimum absolute atomic E-state index is 0.00498. The van der Waals surface area contributed by atoms with Gasteiger partial charge in [0.05, 0.1) is 10.6 Å². The summed E-state index contributed by atoms with van der Waals surface area (Å²) >= 11 is 15.9. The van der Waals surface area contributed by atoms with Gasteiger partial charge in [-0.15, -0.1) is 0 Å². The molecule has 11 heteroatoms. The molecule has 7 nitrogen and oxygen atoms in total. The first-order valence-corrected chi connectivity index (χ1v) is 15.9. The third kappa shape index (κ3) is 7.57. The van der Waals surface area contributed by atoms with Crippen molar-refractivity contribution in [1.29, 1.82) is 0 Å². The average molecular weight is 667 g/mol. The minimum Gasteiger partial charge on any atom is -0.352 e. The van der Waals surface area contributed by atoms with Gasteiger partial charge in [-0.05, 0) is 67.8 Å². The molecule has 1 aliphatic rings. The number of nitrogens with zero attached hydrogens (tertiary/aromatic N) is 2. The van der Waals surface area contributed by atoms with E-state index >= 15 is 0 Å². The molecule has 1 saturated carbocycles. The van der Waals surface area contributed by atoms with Gasteiger partial charge in [-0.1, -0.05) is 82.3 Å². The number of benzene rings is 3. The molecule has 0 radical (unpaired) electrons. The fraction of sp³-hybridized carbons (Fsp3) is 0.310. The summed E-state index contributed by atoms with van der Waals surface area (Å²) in [6.07, 6.45) is 3.90. The van der Waals surface area contributed by atoms with Crippen molar-refractivity contribution in [1.82, 2.24) is 10.2 Å². The van der Waals surface area contributed by atoms with Gasteiger partial charge in [0, 0.05) is 27.1 Å². The van der Waals surface area contributed by atoms with Crippen LogP contribution in [0.2, 0.25) is 10.0 Å². The van der Waals surface area contributed by atoms with Gasteiger partial charge in [-0.2, -0.15) is 0 Å². The Labute approximate surface area is 253 Å². The molecule has 0 spiro atoms. The van der Waals surface area contributed by atoms with Crippen molar-refractivity contribution in [3.8, 4) is 0 Å². The zero-order valence-electron chi connectivity index (χ0n) is 21.9. The fourth-order valence-corrected chi connectivity index (χ4v) is 6.89. The van der Waals surface area contributed by atoms with Crippen LogP contribution >= 0.6 is 39.1 Å². The van der Waals surface area contributed by atoms with Gasteiger partial charge < -0.3 is 10.2 Å². The normalized spacial score (nSPS) is 14.5. The van der Waals surface area contributed by atoms with Gasteiger partial charge in [0.15, 0.2) is 0 Å². The van der Waals surface area contributed by atoms with E-state index in [4.69, 9.17) is 23.2 Å². The van der Waals surface area contributed by atoms with Gasteiger partial charge in [0.25, 0.3) is 10.0 Å². The number of sulfonamides is 1. The third-order valence-electron chi connectivity index (χ3n) is 6.88. The number of halogens is 3. The van der Waals surface area contributed by atoms with Gasteiger partial charge in [-0.25, -0.2) is 8.42 Å². The topological polar surface area (TPSA) is 86.8 Å². The van der Waals surface area contributed by atoms with Crippen LogP contribution in [0.3, 0.4) is 0 Å². The van der Waals surface area contributed by atoms with Crippen LogP contribution in [0.4, 0.5) is 5.69 Å². The first-order valence-electron chi connectivity index (χ1n) is 12.9. The third-order valence-corrected chi connectivity index (χ3v) is 9.63. The highest BCUT2D eigenvalue weighted by atomic mass is 79.9. The molecule has 40 heavy (non-hydrogen) atoms. The molecule has 0 aromatic heterocycles. The molecule has 3 aromatic rings. The van der Waals surface area contributed by atoms with Crippen molar-refractivity contribution in [3.05, 3.63) is 92.9 Å². The maximum absolute atomic E-state index is 14.0. The summed E-state index contributed by atoms with van der Waals surface area (Å²) in [5.41, 5.74) is 0.932. The Bertz CT molecular complexity index is 1430. The molecule has 4 rings (SSSR count). The Balaban J connectivity index is 1.69. The van der Waals surface area contributed by atoms with E-state index in [0.29, 0.717) is 0 Å². The van der Waals surface area contributed by atoms with Gasteiger partial charge in [0.1, 0.15) is 12.6 Å². The number of anilines is 1. The molecule has 1 unspecified atom stereocenters. The Hall–Kier alpha value is -2.59. The van der Waals surface area contributed by atoms with Crippen LogP contribution in [0.25, 0.3) is 0 Å². The van der Waals surface area contributed by atoms with E-state index in [1.54, 1.807) is 25.1 Å². The number of carbonyl (C=O) groups excluding carboxylic acids is 2. The average Bonchev–Trinajstić information content (AvgIpc) is 3.43. The summed E-state index contributed by atoms with van der Waals surface area (Å²) in [6.45, 7) is 1.21. The van der Waals surface area contributed by atoms with Gasteiger partial charge in [-0.3, -0.25) is 13.9 Å². The van der Waals surface area contributed by atoms with E-state index in [9.17, 15) is 18.0 Å². The highest BCUT2D eigenvalue weighted by Gasteiger charge is 2.33. The molecule has 0 bridgehead atoms. The van der Waals surface area contributed by atoms with Crippen LogP contribution in [0.15, 0.2) is 82.2 Å². The number of carbonyl (C=O) groups is 2. The summed E-state index contributed by atoms with van der Waals surface area (Å²) < 4.78 is 29.5. The number of nitrogens with one attached hydrogen (secondary N) is 1. The molecular formula is C29H30BrCl2N3O4S. The first-order chi connectivity index (χ1) is 19.0. The maximum Gasteiger partial charge on any atom is 0.264 e. The van der Waals surface area contributed by atoms with Crippen LogP contribution in [0.1, 0.15) is 38.2 Å². The smallest absolute Gasteiger partial charge is 0.264 e. The molecule has 0 saturated heterocycles. The predicted octanol–water partition coefficient (Wildman–Crippen LogP) is 6.43. The quantitative estimate of drug-likeness (QED) is 0.270. The summed E-state index contributed by atoms with van der Waals surface area (Å²) in [6, 6.07) is 18.8. The minimum atomic E-state index is -4.20. The Morgan fingerprint density at radius 2 is 1.57 bits per heavy atom. The van der Waals surface area contributed by atoms with Crippen molar-refractivity contribution in [3.63, 3.8) is 0 Å². The van der Waals surface area contributed by atoms with Crippen molar-refractivity contribution in [2.45, 2.75) is 56.1 Å². The summed E-state index contributed by atoms with van der Waals surface area (Å²) in [7, 11) is -4.20. The highest BCUT2D eigenvalue weighted by Crippen LogP contribution is 2.30. The van der Waals surface area contributed by atoms with Crippen molar-refractivity contribution in [2.75, 3.05) is 10.8 Å². The lowest BCUT2D eigenvalue weighted by Gasteiger charge is -2.32. The zero-order valence-corrected chi connectivity index (χ0v) is 25.8. The second kappa shape index (κ2) is 13.4. The van der Waals surface area contributed by atoms with E-state index in [0.717, 1.165) is 40.0 Å². The molecule has 3 aromatic carbocycles. The van der Waals surface area contributed by atoms with Crippen molar-refractivity contribution in [2.24, 2.45) is 0 Å². The molecule has 1 N–H and O–H groups in total. The molecule has 2 amide bonds. The second-order valence-corrected chi connectivity index (χ2v) is 13.4. The van der Waals surface area contributed by atoms with E-state index < -0.39 is 28.5 Å². The SMILES string of the molecule is CC(C(=O)NC1CCCC1)N(Cc1ccc(Br)cc1)C(=O)CN(c1cc(Cl)cc(Cl)c1)S(=O)(=O)c1ccccc1. The van der Waals surface area contributed by atoms with Crippen LogP contribution in [0.5, 0.6) is 0 Å². The fourth-order valence-electron chi connectivity index (χ4n) is 4.69. The Morgan fingerprint density at radius 3 is 2.17 bits per heavy atom. The van der Waals surface area contributed by atoms with Gasteiger partial charge >= 0.3 is 0 Å². The molecule has 212 valence electrons. The van der Waals surface area contributed by atoms with E-state index in [1.165, 1.54) is 35.2 Å². The summed E-state index contributed by atoms with van der Waals surface area (Å²) in [4.78, 5) is 28.7. The number of rotatable bonds is 10. The van der Waals surface area contributed by atoms with E-state index in [-0.39, 0.29) is 39.1 Å². The summed E-state index contributed by atoms with van der Waals surface area (Å²) in [5.74, 6) is -0.826. The van der Waals surface area contributed by atoms with Crippen LogP contribution in [0, 0.1) is 0 Å². The lowest BCUT2D eigenvalue weighted by Crippen LogP contribution is -2.52. The maximum atomic E-state index is 14.0. The van der Waals surface area contributed by atoms with Crippen molar-refractivity contribution < 1.29 is 18.0 Å². The first kappa shape index (κ1) is 30.4. The molecule has 0 aliphatic heterocycles. The number of hydrogen-bond acceptors (Lipinski definition) is 4.